The molecule has 16 heavy (non-hydrogen) atoms. The highest BCUT2D eigenvalue weighted by atomic mass is 16.7. The van der Waals surface area contributed by atoms with Crippen LogP contribution in [0.4, 0.5) is 0 Å². The lowest BCUT2D eigenvalue weighted by Gasteiger charge is -2.41. The summed E-state index contributed by atoms with van der Waals surface area (Å²) < 4.78 is 10.1. The van der Waals surface area contributed by atoms with Gasteiger partial charge >= 0.3 is 0 Å². The van der Waals surface area contributed by atoms with Gasteiger partial charge in [0.25, 0.3) is 0 Å². The lowest BCUT2D eigenvalue weighted by Crippen LogP contribution is -2.64. The largest absolute Gasteiger partial charge is 0.394 e. The van der Waals surface area contributed by atoms with Crippen LogP contribution in [0.1, 0.15) is 6.92 Å². The summed E-state index contributed by atoms with van der Waals surface area (Å²) in [6.45, 7) is 0.842. The number of carbonyl (C=O) groups excluding carboxylic acids is 1. The van der Waals surface area contributed by atoms with Crippen LogP contribution >= 0.6 is 0 Å². The highest BCUT2D eigenvalue weighted by Crippen LogP contribution is 2.21. The predicted octanol–water partition coefficient (Wildman–Crippen LogP) is -2.42. The summed E-state index contributed by atoms with van der Waals surface area (Å²) in [6, 6.07) is -0.861. The molecule has 0 aromatic rings. The number of methoxy groups -OCH3 is 1. The number of hydrogen-bond acceptors (Lipinski definition) is 6. The fourth-order valence-electron chi connectivity index (χ4n) is 1.67. The Balaban J connectivity index is 2.77. The molecule has 1 rings (SSSR count). The summed E-state index contributed by atoms with van der Waals surface area (Å²) >= 11 is 0. The van der Waals surface area contributed by atoms with Gasteiger partial charge in [0.05, 0.1) is 6.61 Å². The van der Waals surface area contributed by atoms with Crippen LogP contribution in [0, 0.1) is 0 Å². The second-order valence-corrected chi connectivity index (χ2v) is 3.67. The zero-order valence-electron chi connectivity index (χ0n) is 9.16. The van der Waals surface area contributed by atoms with E-state index in [-0.39, 0.29) is 5.91 Å². The molecule has 0 aromatic carbocycles. The zero-order valence-corrected chi connectivity index (χ0v) is 9.16. The van der Waals surface area contributed by atoms with Crippen LogP contribution in [0.5, 0.6) is 0 Å². The molecule has 0 spiro atoms. The number of nitrogens with one attached hydrogen (secondary N) is 1. The van der Waals surface area contributed by atoms with Crippen molar-refractivity contribution in [2.24, 2.45) is 0 Å². The Bertz CT molecular complexity index is 246. The molecule has 0 aromatic heterocycles. The monoisotopic (exact) mass is 235 g/mol. The van der Waals surface area contributed by atoms with Crippen LogP contribution in [0.2, 0.25) is 0 Å². The lowest BCUT2D eigenvalue weighted by atomic mass is 9.97. The van der Waals surface area contributed by atoms with Crippen LogP contribution in [0.25, 0.3) is 0 Å². The van der Waals surface area contributed by atoms with Crippen molar-refractivity contribution in [1.29, 1.82) is 0 Å². The van der Waals surface area contributed by atoms with E-state index in [9.17, 15) is 15.0 Å². The fourth-order valence-corrected chi connectivity index (χ4v) is 1.67. The van der Waals surface area contributed by atoms with Crippen molar-refractivity contribution in [3.05, 3.63) is 0 Å². The van der Waals surface area contributed by atoms with E-state index in [0.717, 1.165) is 0 Å². The van der Waals surface area contributed by atoms with E-state index < -0.39 is 37.3 Å². The van der Waals surface area contributed by atoms with Gasteiger partial charge in [0.15, 0.2) is 6.29 Å². The Morgan fingerprint density at radius 3 is 2.50 bits per heavy atom. The molecule has 1 unspecified atom stereocenters. The Labute approximate surface area is 93.0 Å². The van der Waals surface area contributed by atoms with E-state index in [2.05, 4.69) is 5.32 Å². The molecule has 1 aliphatic rings. The molecule has 1 fully saturated rings. The molecule has 94 valence electrons. The standard InChI is InChI=1S/C9H17NO6/c1-4(12)10-6-8(14)7(13)5(3-11)16-9(6)15-2/h5-9,11,13-14H,3H2,1-2H3,(H,10,12)/t5-,6?,7+,8-,9-/m1/s1. The molecule has 0 aliphatic carbocycles. The minimum atomic E-state index is -1.27. The second kappa shape index (κ2) is 5.55. The van der Waals surface area contributed by atoms with Gasteiger partial charge in [-0.2, -0.15) is 0 Å². The Morgan fingerprint density at radius 2 is 2.06 bits per heavy atom. The summed E-state index contributed by atoms with van der Waals surface area (Å²) in [6.07, 6.45) is -4.35. The van der Waals surface area contributed by atoms with Crippen LogP contribution in [0.3, 0.4) is 0 Å². The molecule has 5 atom stereocenters. The van der Waals surface area contributed by atoms with Gasteiger partial charge in [-0.1, -0.05) is 0 Å². The highest BCUT2D eigenvalue weighted by molar-refractivity contribution is 5.73. The van der Waals surface area contributed by atoms with Crippen LogP contribution < -0.4 is 5.32 Å². The van der Waals surface area contributed by atoms with Gasteiger partial charge in [-0.05, 0) is 0 Å². The Hall–Kier alpha value is -0.730. The second-order valence-electron chi connectivity index (χ2n) is 3.67. The van der Waals surface area contributed by atoms with Crippen molar-refractivity contribution in [3.63, 3.8) is 0 Å². The number of amides is 1. The fraction of sp³-hybridized carbons (Fsp3) is 0.889. The molecule has 1 heterocycles. The molecule has 0 bridgehead atoms. The van der Waals surface area contributed by atoms with Crippen molar-refractivity contribution in [2.75, 3.05) is 13.7 Å². The topological polar surface area (TPSA) is 108 Å². The first kappa shape index (κ1) is 13.3. The molecule has 1 aliphatic heterocycles. The number of ether oxygens (including phenoxy) is 2. The van der Waals surface area contributed by atoms with Gasteiger partial charge in [-0.15, -0.1) is 0 Å². The summed E-state index contributed by atoms with van der Waals surface area (Å²) in [5, 5.41) is 30.7. The quantitative estimate of drug-likeness (QED) is 0.433. The third kappa shape index (κ3) is 2.69. The summed E-state index contributed by atoms with van der Waals surface area (Å²) in [4.78, 5) is 10.9. The number of hydrogen-bond donors (Lipinski definition) is 4. The average Bonchev–Trinajstić information content (AvgIpc) is 2.25. The zero-order chi connectivity index (χ0) is 12.3. The first-order chi connectivity index (χ1) is 7.51. The van der Waals surface area contributed by atoms with E-state index in [1.165, 1.54) is 14.0 Å². The minimum absolute atomic E-state index is 0.371. The van der Waals surface area contributed by atoms with Crippen molar-refractivity contribution in [3.8, 4) is 0 Å². The van der Waals surface area contributed by atoms with Gasteiger partial charge in [-0.3, -0.25) is 4.79 Å². The molecule has 7 heteroatoms. The molecular formula is C9H17NO6. The smallest absolute Gasteiger partial charge is 0.217 e. The maximum atomic E-state index is 10.9. The average molecular weight is 235 g/mol. The van der Waals surface area contributed by atoms with Crippen LogP contribution in [-0.4, -0.2) is 65.6 Å². The maximum absolute atomic E-state index is 10.9. The van der Waals surface area contributed by atoms with Crippen LogP contribution in [-0.2, 0) is 14.3 Å². The Kier molecular flexibility index (Phi) is 4.63. The number of carbonyl (C=O) groups is 1. The van der Waals surface area contributed by atoms with Gasteiger partial charge in [0, 0.05) is 14.0 Å². The first-order valence-corrected chi connectivity index (χ1v) is 4.93. The van der Waals surface area contributed by atoms with Crippen molar-refractivity contribution in [2.45, 2.75) is 37.6 Å². The molecule has 0 radical (unpaired) electrons. The predicted molar refractivity (Wildman–Crippen MR) is 52.4 cm³/mol. The van der Waals surface area contributed by atoms with E-state index in [0.29, 0.717) is 0 Å². The van der Waals surface area contributed by atoms with E-state index in [1.54, 1.807) is 0 Å². The molecule has 7 nitrogen and oxygen atoms in total. The highest BCUT2D eigenvalue weighted by Gasteiger charge is 2.44. The summed E-state index contributed by atoms with van der Waals surface area (Å²) in [5.74, 6) is -0.371. The van der Waals surface area contributed by atoms with E-state index in [4.69, 9.17) is 14.6 Å². The molecule has 1 amide bonds. The molecular weight excluding hydrogens is 218 g/mol. The lowest BCUT2D eigenvalue weighted by molar-refractivity contribution is -0.262. The third-order valence-corrected chi connectivity index (χ3v) is 2.48. The van der Waals surface area contributed by atoms with Crippen molar-refractivity contribution in [1.82, 2.24) is 5.32 Å². The van der Waals surface area contributed by atoms with Gasteiger partial charge in [0.2, 0.25) is 5.91 Å². The summed E-state index contributed by atoms with van der Waals surface area (Å²) in [7, 11) is 1.35. The molecule has 4 N–H and O–H groups in total. The van der Waals surface area contributed by atoms with Gasteiger partial charge < -0.3 is 30.1 Å². The SMILES string of the molecule is CO[C@@H]1O[C@H](CO)[C@H](O)[C@H](O)C1NC(C)=O. The minimum Gasteiger partial charge on any atom is -0.394 e. The van der Waals surface area contributed by atoms with E-state index >= 15 is 0 Å². The Morgan fingerprint density at radius 1 is 1.44 bits per heavy atom. The van der Waals surface area contributed by atoms with Crippen LogP contribution in [0.15, 0.2) is 0 Å². The number of aliphatic hydroxyl groups is 3. The molecule has 1 saturated heterocycles. The summed E-state index contributed by atoms with van der Waals surface area (Å²) in [5.41, 5.74) is 0. The normalized spacial score (nSPS) is 39.4. The number of aliphatic hydroxyl groups excluding tert-OH is 3. The number of rotatable bonds is 3. The van der Waals surface area contributed by atoms with Crippen molar-refractivity contribution < 1.29 is 29.6 Å². The van der Waals surface area contributed by atoms with Crippen molar-refractivity contribution >= 4 is 5.91 Å². The van der Waals surface area contributed by atoms with E-state index in [1.807, 2.05) is 0 Å². The first-order valence-electron chi connectivity index (χ1n) is 4.93. The molecule has 0 saturated carbocycles. The van der Waals surface area contributed by atoms with Gasteiger partial charge in [0.1, 0.15) is 24.4 Å². The van der Waals surface area contributed by atoms with Gasteiger partial charge in [-0.25, -0.2) is 0 Å². The third-order valence-electron chi connectivity index (χ3n) is 2.48. The maximum Gasteiger partial charge on any atom is 0.217 e.